The second-order valence-electron chi connectivity index (χ2n) is 10.4. The summed E-state index contributed by atoms with van der Waals surface area (Å²) in [5.41, 5.74) is 2.58. The Balaban J connectivity index is 1.54. The van der Waals surface area contributed by atoms with Crippen molar-refractivity contribution in [2.75, 3.05) is 7.11 Å². The highest BCUT2D eigenvalue weighted by molar-refractivity contribution is 5.80. The molecule has 0 amide bonds. The Morgan fingerprint density at radius 2 is 1.84 bits per heavy atom. The first-order valence-electron chi connectivity index (χ1n) is 13.3. The highest BCUT2D eigenvalue weighted by atomic mass is 16.5. The lowest BCUT2D eigenvalue weighted by atomic mass is 9.94. The second-order valence-corrected chi connectivity index (χ2v) is 10.4. The van der Waals surface area contributed by atoms with Crippen LogP contribution in [0.3, 0.4) is 0 Å². The summed E-state index contributed by atoms with van der Waals surface area (Å²) >= 11 is 0. The molecule has 2 aromatic carbocycles. The van der Waals surface area contributed by atoms with Gasteiger partial charge in [0.15, 0.2) is 5.82 Å². The van der Waals surface area contributed by atoms with Crippen LogP contribution in [0.1, 0.15) is 75.0 Å². The Morgan fingerprint density at radius 1 is 1.05 bits per heavy atom. The Labute approximate surface area is 217 Å². The number of ether oxygens (including phenoxy) is 1. The molecule has 0 saturated heterocycles. The third-order valence-corrected chi connectivity index (χ3v) is 7.46. The van der Waals surface area contributed by atoms with Crippen LogP contribution in [0.2, 0.25) is 0 Å². The standard InChI is InChI=1S/C29H36N6O2/c1-20(2)27(28-31-32-33-35(28)24-12-8-5-9-13-24)34(18-21-10-6-4-7-11-21)19-23-16-22-14-15-25(37-3)17-26(22)30-29(23)36/h4,6-7,10-11,14-17,20,24,27H,5,8-9,12-13,18-19H2,1-3H3,(H,30,36). The van der Waals surface area contributed by atoms with E-state index in [0.717, 1.165) is 40.9 Å². The Bertz CT molecular complexity index is 1370. The molecule has 2 aromatic heterocycles. The number of pyridine rings is 1. The fraction of sp³-hybridized carbons (Fsp3) is 0.448. The average molecular weight is 501 g/mol. The van der Waals surface area contributed by atoms with Gasteiger partial charge in [0.2, 0.25) is 0 Å². The molecule has 1 saturated carbocycles. The minimum Gasteiger partial charge on any atom is -0.497 e. The molecule has 1 N–H and O–H groups in total. The van der Waals surface area contributed by atoms with Crippen LogP contribution in [0.25, 0.3) is 10.9 Å². The minimum atomic E-state index is -0.0896. The number of aromatic amines is 1. The van der Waals surface area contributed by atoms with Crippen molar-refractivity contribution in [2.24, 2.45) is 5.92 Å². The molecule has 1 unspecified atom stereocenters. The van der Waals surface area contributed by atoms with Crippen LogP contribution >= 0.6 is 0 Å². The van der Waals surface area contributed by atoms with Crippen LogP contribution in [0.4, 0.5) is 0 Å². The molecule has 0 spiro atoms. The smallest absolute Gasteiger partial charge is 0.252 e. The van der Waals surface area contributed by atoms with Crippen LogP contribution < -0.4 is 10.3 Å². The summed E-state index contributed by atoms with van der Waals surface area (Å²) in [6.07, 6.45) is 5.91. The molecule has 37 heavy (non-hydrogen) atoms. The number of tetrazole rings is 1. The van der Waals surface area contributed by atoms with Crippen molar-refractivity contribution in [3.05, 3.63) is 81.9 Å². The Morgan fingerprint density at radius 3 is 2.57 bits per heavy atom. The van der Waals surface area contributed by atoms with E-state index in [1.165, 1.54) is 24.8 Å². The van der Waals surface area contributed by atoms with Crippen molar-refractivity contribution in [1.29, 1.82) is 0 Å². The van der Waals surface area contributed by atoms with E-state index in [9.17, 15) is 4.79 Å². The third kappa shape index (κ3) is 5.59. The molecule has 194 valence electrons. The van der Waals surface area contributed by atoms with Crippen molar-refractivity contribution in [3.63, 3.8) is 0 Å². The molecule has 0 radical (unpaired) electrons. The van der Waals surface area contributed by atoms with E-state index in [4.69, 9.17) is 4.74 Å². The monoisotopic (exact) mass is 500 g/mol. The van der Waals surface area contributed by atoms with Crippen molar-refractivity contribution in [3.8, 4) is 5.75 Å². The van der Waals surface area contributed by atoms with Gasteiger partial charge in [-0.15, -0.1) is 5.10 Å². The maximum Gasteiger partial charge on any atom is 0.252 e. The van der Waals surface area contributed by atoms with Crippen molar-refractivity contribution in [1.82, 2.24) is 30.1 Å². The van der Waals surface area contributed by atoms with Crippen molar-refractivity contribution < 1.29 is 4.74 Å². The van der Waals surface area contributed by atoms with E-state index in [2.05, 4.69) is 68.2 Å². The number of aromatic nitrogens is 5. The maximum atomic E-state index is 13.2. The van der Waals surface area contributed by atoms with Crippen LogP contribution in [-0.4, -0.2) is 37.2 Å². The lowest BCUT2D eigenvalue weighted by Crippen LogP contribution is -2.36. The maximum absolute atomic E-state index is 13.2. The molecule has 0 bridgehead atoms. The summed E-state index contributed by atoms with van der Waals surface area (Å²) in [4.78, 5) is 18.7. The zero-order chi connectivity index (χ0) is 25.8. The average Bonchev–Trinajstić information content (AvgIpc) is 3.39. The molecule has 8 nitrogen and oxygen atoms in total. The number of nitrogens with zero attached hydrogens (tertiary/aromatic N) is 5. The number of hydrogen-bond acceptors (Lipinski definition) is 6. The van der Waals surface area contributed by atoms with Crippen molar-refractivity contribution >= 4 is 10.9 Å². The molecule has 1 aliphatic carbocycles. The molecule has 8 heteroatoms. The Hall–Kier alpha value is -3.52. The number of fused-ring (bicyclic) bond motifs is 1. The van der Waals surface area contributed by atoms with E-state index >= 15 is 0 Å². The number of methoxy groups -OCH3 is 1. The number of rotatable bonds is 9. The fourth-order valence-corrected chi connectivity index (χ4v) is 5.62. The topological polar surface area (TPSA) is 88.9 Å². The molecule has 4 aromatic rings. The lowest BCUT2D eigenvalue weighted by Gasteiger charge is -2.35. The van der Waals surface area contributed by atoms with Gasteiger partial charge in [0.1, 0.15) is 5.75 Å². The van der Waals surface area contributed by atoms with E-state index in [1.54, 1.807) is 7.11 Å². The first-order chi connectivity index (χ1) is 18.0. The summed E-state index contributed by atoms with van der Waals surface area (Å²) in [5, 5.41) is 14.1. The van der Waals surface area contributed by atoms with Gasteiger partial charge in [-0.1, -0.05) is 63.4 Å². The van der Waals surface area contributed by atoms with Gasteiger partial charge < -0.3 is 9.72 Å². The molecule has 1 aliphatic rings. The van der Waals surface area contributed by atoms with Gasteiger partial charge >= 0.3 is 0 Å². The lowest BCUT2D eigenvalue weighted by molar-refractivity contribution is 0.121. The molecular formula is C29H36N6O2. The molecule has 1 fully saturated rings. The van der Waals surface area contributed by atoms with Gasteiger partial charge in [0, 0.05) is 24.7 Å². The molecule has 2 heterocycles. The summed E-state index contributed by atoms with van der Waals surface area (Å²) in [6, 6.07) is 18.4. The quantitative estimate of drug-likeness (QED) is 0.330. The molecule has 1 atom stereocenters. The Kier molecular flexibility index (Phi) is 7.65. The van der Waals surface area contributed by atoms with Gasteiger partial charge in [0.25, 0.3) is 5.56 Å². The first-order valence-corrected chi connectivity index (χ1v) is 13.3. The van der Waals surface area contributed by atoms with Crippen molar-refractivity contribution in [2.45, 2.75) is 71.1 Å². The van der Waals surface area contributed by atoms with Gasteiger partial charge in [-0.25, -0.2) is 4.68 Å². The minimum absolute atomic E-state index is 0.0527. The van der Waals surface area contributed by atoms with E-state index < -0.39 is 0 Å². The van der Waals surface area contributed by atoms with Gasteiger partial charge in [-0.3, -0.25) is 9.69 Å². The predicted octanol–water partition coefficient (Wildman–Crippen LogP) is 5.43. The van der Waals surface area contributed by atoms with Crippen LogP contribution in [0.15, 0.2) is 59.4 Å². The number of nitrogens with one attached hydrogen (secondary N) is 1. The SMILES string of the molecule is COc1ccc2cc(CN(Cc3ccccc3)C(c3nnnn3C3CCCCC3)C(C)C)c(=O)[nH]c2c1. The van der Waals surface area contributed by atoms with E-state index in [0.29, 0.717) is 19.1 Å². The number of hydrogen-bond donors (Lipinski definition) is 1. The molecule has 0 aliphatic heterocycles. The van der Waals surface area contributed by atoms with Gasteiger partial charge in [0.05, 0.1) is 24.7 Å². The van der Waals surface area contributed by atoms with E-state index in [1.807, 2.05) is 30.3 Å². The number of benzene rings is 2. The predicted molar refractivity (Wildman–Crippen MR) is 144 cm³/mol. The zero-order valence-electron chi connectivity index (χ0n) is 21.9. The normalized spacial score (nSPS) is 15.5. The van der Waals surface area contributed by atoms with Gasteiger partial charge in [-0.05, 0) is 58.3 Å². The first kappa shape index (κ1) is 25.1. The second kappa shape index (κ2) is 11.3. The van der Waals surface area contributed by atoms with Crippen LogP contribution in [0.5, 0.6) is 5.75 Å². The summed E-state index contributed by atoms with van der Waals surface area (Å²) in [7, 11) is 1.63. The molecular weight excluding hydrogens is 464 g/mol. The highest BCUT2D eigenvalue weighted by Gasteiger charge is 2.32. The molecule has 5 rings (SSSR count). The fourth-order valence-electron chi connectivity index (χ4n) is 5.62. The highest BCUT2D eigenvalue weighted by Crippen LogP contribution is 2.34. The third-order valence-electron chi connectivity index (χ3n) is 7.46. The van der Waals surface area contributed by atoms with Gasteiger partial charge in [-0.2, -0.15) is 0 Å². The summed E-state index contributed by atoms with van der Waals surface area (Å²) in [5.74, 6) is 1.84. The summed E-state index contributed by atoms with van der Waals surface area (Å²) in [6.45, 7) is 5.58. The van der Waals surface area contributed by atoms with Crippen LogP contribution in [-0.2, 0) is 13.1 Å². The summed E-state index contributed by atoms with van der Waals surface area (Å²) < 4.78 is 7.40. The largest absolute Gasteiger partial charge is 0.497 e. The zero-order valence-corrected chi connectivity index (χ0v) is 21.9. The van der Waals surface area contributed by atoms with E-state index in [-0.39, 0.29) is 17.5 Å². The number of H-pyrrole nitrogens is 1. The van der Waals surface area contributed by atoms with Crippen LogP contribution in [0, 0.1) is 5.92 Å².